The van der Waals surface area contributed by atoms with E-state index in [-0.39, 0.29) is 5.57 Å². The topological polar surface area (TPSA) is 79.9 Å². The molecule has 0 bridgehead atoms. The molecule has 0 aliphatic carbocycles. The second-order valence-corrected chi connectivity index (χ2v) is 7.51. The van der Waals surface area contributed by atoms with E-state index in [0.29, 0.717) is 27.7 Å². The monoisotopic (exact) mass is 454 g/mol. The summed E-state index contributed by atoms with van der Waals surface area (Å²) in [5.74, 6) is 0.155. The van der Waals surface area contributed by atoms with Gasteiger partial charge in [0.1, 0.15) is 17.4 Å². The number of amides is 1. The number of aromatic nitrogens is 2. The molecule has 0 aliphatic heterocycles. The van der Waals surface area contributed by atoms with Crippen molar-refractivity contribution < 1.29 is 9.53 Å². The predicted octanol–water partition coefficient (Wildman–Crippen LogP) is 5.75. The van der Waals surface area contributed by atoms with E-state index in [4.69, 9.17) is 21.4 Å². The summed E-state index contributed by atoms with van der Waals surface area (Å²) in [6.07, 6.45) is 3.33. The first-order valence-corrected chi connectivity index (χ1v) is 10.4. The number of halogens is 1. The molecule has 4 aromatic rings. The number of nitrogens with zero attached hydrogens (tertiary/aromatic N) is 3. The van der Waals surface area contributed by atoms with Crippen LogP contribution in [0.5, 0.6) is 5.75 Å². The molecule has 7 heteroatoms. The summed E-state index contributed by atoms with van der Waals surface area (Å²) in [6.45, 7) is 0. The maximum atomic E-state index is 12.8. The Balaban J connectivity index is 1.71. The van der Waals surface area contributed by atoms with Crippen molar-refractivity contribution in [2.24, 2.45) is 0 Å². The number of nitriles is 1. The number of carbonyl (C=O) groups excluding carboxylic acids is 1. The summed E-state index contributed by atoms with van der Waals surface area (Å²) in [4.78, 5) is 12.8. The molecular formula is C26H19ClN4O2. The zero-order valence-corrected chi connectivity index (χ0v) is 18.5. The van der Waals surface area contributed by atoms with Gasteiger partial charge in [0.25, 0.3) is 5.91 Å². The third-order valence-corrected chi connectivity index (χ3v) is 5.15. The molecule has 6 nitrogen and oxygen atoms in total. The number of hydrogen-bond acceptors (Lipinski definition) is 4. The molecule has 33 heavy (non-hydrogen) atoms. The van der Waals surface area contributed by atoms with Crippen LogP contribution in [-0.4, -0.2) is 22.8 Å². The fourth-order valence-corrected chi connectivity index (χ4v) is 3.34. The second kappa shape index (κ2) is 9.86. The number of ether oxygens (including phenoxy) is 1. The first kappa shape index (κ1) is 21.9. The van der Waals surface area contributed by atoms with E-state index >= 15 is 0 Å². The Morgan fingerprint density at radius 1 is 1.06 bits per heavy atom. The van der Waals surface area contributed by atoms with Crippen LogP contribution in [0.4, 0.5) is 5.69 Å². The van der Waals surface area contributed by atoms with Crippen molar-refractivity contribution >= 4 is 29.3 Å². The number of anilines is 1. The number of methoxy groups -OCH3 is 1. The highest BCUT2D eigenvalue weighted by Crippen LogP contribution is 2.27. The molecule has 0 saturated heterocycles. The minimum atomic E-state index is -0.516. The quantitative estimate of drug-likeness (QED) is 0.297. The molecule has 3 aromatic carbocycles. The van der Waals surface area contributed by atoms with Crippen molar-refractivity contribution in [2.75, 3.05) is 12.4 Å². The SMILES string of the molecule is COc1ccc(NC(=O)/C(C#N)=C/c2cn(-c3ccccc3)nc2-c2ccc(Cl)cc2)cc1. The van der Waals surface area contributed by atoms with Gasteiger partial charge in [0.2, 0.25) is 0 Å². The van der Waals surface area contributed by atoms with Gasteiger partial charge in [-0.25, -0.2) is 4.68 Å². The summed E-state index contributed by atoms with van der Waals surface area (Å²) in [6, 6.07) is 25.7. The van der Waals surface area contributed by atoms with E-state index in [1.165, 1.54) is 6.08 Å². The van der Waals surface area contributed by atoms with Crippen LogP contribution in [0.15, 0.2) is 90.6 Å². The van der Waals surface area contributed by atoms with E-state index in [1.807, 2.05) is 48.5 Å². The summed E-state index contributed by atoms with van der Waals surface area (Å²) >= 11 is 6.04. The average molecular weight is 455 g/mol. The average Bonchev–Trinajstić information content (AvgIpc) is 3.28. The van der Waals surface area contributed by atoms with Gasteiger partial charge in [-0.2, -0.15) is 10.4 Å². The van der Waals surface area contributed by atoms with Crippen LogP contribution in [0.2, 0.25) is 5.02 Å². The molecule has 1 aromatic heterocycles. The Kier molecular flexibility index (Phi) is 6.53. The number of nitrogens with one attached hydrogen (secondary N) is 1. The highest BCUT2D eigenvalue weighted by molar-refractivity contribution is 6.30. The third-order valence-electron chi connectivity index (χ3n) is 4.89. The zero-order chi connectivity index (χ0) is 23.2. The van der Waals surface area contributed by atoms with Gasteiger partial charge in [0.05, 0.1) is 18.5 Å². The molecule has 162 valence electrons. The lowest BCUT2D eigenvalue weighted by molar-refractivity contribution is -0.112. The van der Waals surface area contributed by atoms with Gasteiger partial charge in [0.15, 0.2) is 0 Å². The van der Waals surface area contributed by atoms with Crippen LogP contribution < -0.4 is 10.1 Å². The smallest absolute Gasteiger partial charge is 0.266 e. The molecule has 1 heterocycles. The molecule has 0 radical (unpaired) electrons. The predicted molar refractivity (Wildman–Crippen MR) is 129 cm³/mol. The summed E-state index contributed by atoms with van der Waals surface area (Å²) in [5.41, 5.74) is 3.43. The lowest BCUT2D eigenvalue weighted by Gasteiger charge is -2.05. The summed E-state index contributed by atoms with van der Waals surface area (Å²) in [5, 5.41) is 17.7. The molecular weight excluding hydrogens is 436 g/mol. The molecule has 0 aliphatic rings. The van der Waals surface area contributed by atoms with Gasteiger partial charge < -0.3 is 10.1 Å². The van der Waals surface area contributed by atoms with Gasteiger partial charge in [-0.15, -0.1) is 0 Å². The van der Waals surface area contributed by atoms with Gasteiger partial charge >= 0.3 is 0 Å². The molecule has 1 amide bonds. The van der Waals surface area contributed by atoms with Crippen LogP contribution >= 0.6 is 11.6 Å². The lowest BCUT2D eigenvalue weighted by atomic mass is 10.1. The standard InChI is InChI=1S/C26H19ClN4O2/c1-33-24-13-11-22(12-14-24)29-26(32)19(16-28)15-20-17-31(23-5-3-2-4-6-23)30-25(20)18-7-9-21(27)10-8-18/h2-15,17H,1H3,(H,29,32)/b19-15+. The largest absolute Gasteiger partial charge is 0.497 e. The van der Waals surface area contributed by atoms with Crippen LogP contribution in [0.25, 0.3) is 23.0 Å². The highest BCUT2D eigenvalue weighted by Gasteiger charge is 2.15. The highest BCUT2D eigenvalue weighted by atomic mass is 35.5. The van der Waals surface area contributed by atoms with E-state index in [0.717, 1.165) is 11.3 Å². The Morgan fingerprint density at radius 3 is 2.39 bits per heavy atom. The molecule has 4 rings (SSSR count). The number of rotatable bonds is 6. The number of benzene rings is 3. The second-order valence-electron chi connectivity index (χ2n) is 7.07. The minimum Gasteiger partial charge on any atom is -0.497 e. The van der Waals surface area contributed by atoms with E-state index in [1.54, 1.807) is 54.4 Å². The van der Waals surface area contributed by atoms with Crippen LogP contribution in [0.1, 0.15) is 5.56 Å². The molecule has 1 N–H and O–H groups in total. The van der Waals surface area contributed by atoms with E-state index in [2.05, 4.69) is 5.32 Å². The van der Waals surface area contributed by atoms with E-state index < -0.39 is 5.91 Å². The normalized spacial score (nSPS) is 11.0. The molecule has 0 fully saturated rings. The van der Waals surface area contributed by atoms with Crippen LogP contribution in [0.3, 0.4) is 0 Å². The lowest BCUT2D eigenvalue weighted by Crippen LogP contribution is -2.13. The van der Waals surface area contributed by atoms with Crippen molar-refractivity contribution in [1.82, 2.24) is 9.78 Å². The van der Waals surface area contributed by atoms with Crippen LogP contribution in [-0.2, 0) is 4.79 Å². The Bertz CT molecular complexity index is 1340. The fraction of sp³-hybridized carbons (Fsp3) is 0.0385. The fourth-order valence-electron chi connectivity index (χ4n) is 3.21. The number of carbonyl (C=O) groups is 1. The van der Waals surface area contributed by atoms with Crippen molar-refractivity contribution in [1.29, 1.82) is 5.26 Å². The first-order chi connectivity index (χ1) is 16.1. The number of hydrogen-bond donors (Lipinski definition) is 1. The molecule has 0 saturated carbocycles. The van der Waals surface area contributed by atoms with E-state index in [9.17, 15) is 10.1 Å². The maximum Gasteiger partial charge on any atom is 0.266 e. The minimum absolute atomic E-state index is 0.0476. The molecule has 0 spiro atoms. The van der Waals surface area contributed by atoms with Crippen molar-refractivity contribution in [3.63, 3.8) is 0 Å². The van der Waals surface area contributed by atoms with Crippen molar-refractivity contribution in [2.45, 2.75) is 0 Å². The first-order valence-electron chi connectivity index (χ1n) is 10.1. The van der Waals surface area contributed by atoms with Crippen molar-refractivity contribution in [3.05, 3.63) is 101 Å². The summed E-state index contributed by atoms with van der Waals surface area (Å²) < 4.78 is 6.84. The zero-order valence-electron chi connectivity index (χ0n) is 17.7. The summed E-state index contributed by atoms with van der Waals surface area (Å²) in [7, 11) is 1.57. The molecule has 0 unspecified atom stereocenters. The Hall–Kier alpha value is -4.34. The number of para-hydroxylation sites is 1. The Labute approximate surface area is 196 Å². The maximum absolute atomic E-state index is 12.8. The van der Waals surface area contributed by atoms with Gasteiger partial charge in [-0.3, -0.25) is 4.79 Å². The van der Waals surface area contributed by atoms with Gasteiger partial charge in [-0.05, 0) is 54.6 Å². The Morgan fingerprint density at radius 2 is 1.76 bits per heavy atom. The van der Waals surface area contributed by atoms with Gasteiger partial charge in [0, 0.05) is 28.0 Å². The molecule has 0 atom stereocenters. The van der Waals surface area contributed by atoms with Crippen LogP contribution in [0, 0.1) is 11.3 Å². The van der Waals surface area contributed by atoms with Gasteiger partial charge in [-0.1, -0.05) is 41.9 Å². The van der Waals surface area contributed by atoms with Crippen molar-refractivity contribution in [3.8, 4) is 28.8 Å². The third kappa shape index (κ3) is 5.12.